The van der Waals surface area contributed by atoms with Crippen LogP contribution >= 0.6 is 0 Å². The summed E-state index contributed by atoms with van der Waals surface area (Å²) in [7, 11) is -3.05. The largest absolute Gasteiger partial charge is 0.396 e. The second-order valence-electron chi connectivity index (χ2n) is 6.53. The average Bonchev–Trinajstić information content (AvgIpc) is 2.49. The first kappa shape index (κ1) is 18.3. The van der Waals surface area contributed by atoms with E-state index in [2.05, 4.69) is 0 Å². The Morgan fingerprint density at radius 2 is 2.00 bits per heavy atom. The Kier molecular flexibility index (Phi) is 5.78. The lowest BCUT2D eigenvalue weighted by Crippen LogP contribution is -2.55. The van der Waals surface area contributed by atoms with E-state index >= 15 is 0 Å². The highest BCUT2D eigenvalue weighted by Crippen LogP contribution is 2.33. The fraction of sp³-hybridized carbons (Fsp3) is 0.625. The number of sulfone groups is 1. The van der Waals surface area contributed by atoms with Gasteiger partial charge in [0.15, 0.2) is 0 Å². The Hall–Kier alpha value is -1.02. The maximum Gasteiger partial charge on any atom is 0.148 e. The van der Waals surface area contributed by atoms with E-state index < -0.39 is 21.4 Å². The van der Waals surface area contributed by atoms with Crippen molar-refractivity contribution in [1.82, 2.24) is 4.90 Å². The molecular weight excluding hydrogens is 321 g/mol. The highest BCUT2D eigenvalue weighted by Gasteiger charge is 2.42. The summed E-state index contributed by atoms with van der Waals surface area (Å²) in [5.74, 6) is -0.271. The van der Waals surface area contributed by atoms with Gasteiger partial charge in [0.2, 0.25) is 0 Å². The number of rotatable bonds is 6. The van der Waals surface area contributed by atoms with E-state index in [1.807, 2.05) is 4.90 Å². The van der Waals surface area contributed by atoms with Crippen LogP contribution in [-0.4, -0.2) is 67.9 Å². The molecule has 1 aliphatic heterocycles. The fourth-order valence-corrected chi connectivity index (χ4v) is 3.71. The molecule has 0 aromatic heterocycles. The van der Waals surface area contributed by atoms with Crippen LogP contribution in [0, 0.1) is 11.2 Å². The lowest BCUT2D eigenvalue weighted by Gasteiger charge is -2.45. The summed E-state index contributed by atoms with van der Waals surface area (Å²) in [5, 5.41) is 20.3. The summed E-state index contributed by atoms with van der Waals surface area (Å²) in [6, 6.07) is 6.01. The zero-order valence-corrected chi connectivity index (χ0v) is 14.1. The van der Waals surface area contributed by atoms with Gasteiger partial charge in [-0.15, -0.1) is 0 Å². The normalized spacial score (nSPS) is 26.3. The van der Waals surface area contributed by atoms with Gasteiger partial charge in [-0.1, -0.05) is 12.1 Å². The number of halogens is 1. The smallest absolute Gasteiger partial charge is 0.148 e. The SMILES string of the molecule is CS(=O)(=O)CCN1CC[C@H](O)[C@@](CO)(Cc2ccc(F)cc2)C1. The molecule has 7 heteroatoms. The van der Waals surface area contributed by atoms with Crippen molar-refractivity contribution < 1.29 is 23.0 Å². The predicted octanol–water partition coefficient (Wildman–Crippen LogP) is 0.458. The molecule has 0 unspecified atom stereocenters. The lowest BCUT2D eigenvalue weighted by atomic mass is 9.73. The number of nitrogens with zero attached hydrogens (tertiary/aromatic N) is 1. The summed E-state index contributed by atoms with van der Waals surface area (Å²) < 4.78 is 35.7. The van der Waals surface area contributed by atoms with Crippen molar-refractivity contribution >= 4 is 9.84 Å². The molecule has 1 aromatic rings. The molecule has 0 amide bonds. The van der Waals surface area contributed by atoms with Crippen LogP contribution in [0.4, 0.5) is 4.39 Å². The van der Waals surface area contributed by atoms with Gasteiger partial charge in [-0.2, -0.15) is 0 Å². The fourth-order valence-electron chi connectivity index (χ4n) is 3.12. The molecule has 0 bridgehead atoms. The van der Waals surface area contributed by atoms with Crippen LogP contribution in [-0.2, 0) is 16.3 Å². The predicted molar refractivity (Wildman–Crippen MR) is 86.4 cm³/mol. The minimum atomic E-state index is -3.05. The van der Waals surface area contributed by atoms with Crippen LogP contribution in [0.25, 0.3) is 0 Å². The van der Waals surface area contributed by atoms with Crippen molar-refractivity contribution in [3.05, 3.63) is 35.6 Å². The molecule has 2 rings (SSSR count). The Labute approximate surface area is 136 Å². The zero-order chi connectivity index (χ0) is 17.1. The van der Waals surface area contributed by atoms with E-state index in [1.165, 1.54) is 18.4 Å². The first-order chi connectivity index (χ1) is 10.7. The molecule has 1 saturated heterocycles. The second kappa shape index (κ2) is 7.25. The Morgan fingerprint density at radius 1 is 1.35 bits per heavy atom. The van der Waals surface area contributed by atoms with Crippen LogP contribution in [0.15, 0.2) is 24.3 Å². The molecule has 130 valence electrons. The van der Waals surface area contributed by atoms with Crippen molar-refractivity contribution in [2.45, 2.75) is 18.9 Å². The third kappa shape index (κ3) is 4.97. The molecule has 2 atom stereocenters. The van der Waals surface area contributed by atoms with Crippen molar-refractivity contribution in [3.63, 3.8) is 0 Å². The van der Waals surface area contributed by atoms with Crippen molar-refractivity contribution in [1.29, 1.82) is 0 Å². The van der Waals surface area contributed by atoms with Crippen LogP contribution in [0.5, 0.6) is 0 Å². The van der Waals surface area contributed by atoms with Gasteiger partial charge in [-0.05, 0) is 30.5 Å². The van der Waals surface area contributed by atoms with Crippen molar-refractivity contribution in [2.75, 3.05) is 38.2 Å². The molecule has 0 radical (unpaired) electrons. The van der Waals surface area contributed by atoms with Crippen molar-refractivity contribution in [3.8, 4) is 0 Å². The molecule has 0 spiro atoms. The summed E-state index contributed by atoms with van der Waals surface area (Å²) in [5.41, 5.74) is 0.0811. The van der Waals surface area contributed by atoms with E-state index in [9.17, 15) is 23.0 Å². The van der Waals surface area contributed by atoms with Gasteiger partial charge in [-0.3, -0.25) is 0 Å². The summed E-state index contributed by atoms with van der Waals surface area (Å²) in [6.07, 6.45) is 1.42. The van der Waals surface area contributed by atoms with Crippen molar-refractivity contribution in [2.24, 2.45) is 5.41 Å². The molecule has 0 saturated carbocycles. The lowest BCUT2D eigenvalue weighted by molar-refractivity contribution is -0.0734. The van der Waals surface area contributed by atoms with E-state index in [0.717, 1.165) is 5.56 Å². The quantitative estimate of drug-likeness (QED) is 0.783. The Balaban J connectivity index is 2.11. The van der Waals surface area contributed by atoms with Crippen LogP contribution in [0.2, 0.25) is 0 Å². The summed E-state index contributed by atoms with van der Waals surface area (Å²) in [6.45, 7) is 1.19. The minimum absolute atomic E-state index is 0.0567. The number of aliphatic hydroxyl groups excluding tert-OH is 2. The molecule has 23 heavy (non-hydrogen) atoms. The zero-order valence-electron chi connectivity index (χ0n) is 13.3. The molecule has 0 aliphatic carbocycles. The van der Waals surface area contributed by atoms with E-state index in [1.54, 1.807) is 12.1 Å². The molecule has 1 aliphatic rings. The number of piperidine rings is 1. The molecule has 1 fully saturated rings. The number of aliphatic hydroxyl groups is 2. The van der Waals surface area contributed by atoms with Gasteiger partial charge >= 0.3 is 0 Å². The standard InChI is InChI=1S/C16H24FNO4S/c1-23(21,22)9-8-18-7-6-15(20)16(11-18,12-19)10-13-2-4-14(17)5-3-13/h2-5,15,19-20H,6-12H2,1H3/t15-,16-/m0/s1. The maximum atomic E-state index is 13.0. The monoisotopic (exact) mass is 345 g/mol. The molecule has 1 aromatic carbocycles. The van der Waals surface area contributed by atoms with E-state index in [0.29, 0.717) is 32.5 Å². The van der Waals surface area contributed by atoms with Gasteiger partial charge < -0.3 is 15.1 Å². The molecule has 2 N–H and O–H groups in total. The van der Waals surface area contributed by atoms with Gasteiger partial charge in [-0.25, -0.2) is 12.8 Å². The number of benzene rings is 1. The Bertz CT molecular complexity index is 619. The van der Waals surface area contributed by atoms with E-state index in [-0.39, 0.29) is 18.2 Å². The number of hydrogen-bond donors (Lipinski definition) is 2. The summed E-state index contributed by atoms with van der Waals surface area (Å²) in [4.78, 5) is 1.97. The molecular formula is C16H24FNO4S. The minimum Gasteiger partial charge on any atom is -0.396 e. The molecule has 5 nitrogen and oxygen atoms in total. The average molecular weight is 345 g/mol. The summed E-state index contributed by atoms with van der Waals surface area (Å²) >= 11 is 0. The number of likely N-dealkylation sites (tertiary alicyclic amines) is 1. The van der Waals surface area contributed by atoms with Crippen LogP contribution in [0.1, 0.15) is 12.0 Å². The van der Waals surface area contributed by atoms with Gasteiger partial charge in [0, 0.05) is 31.3 Å². The highest BCUT2D eigenvalue weighted by molar-refractivity contribution is 7.90. The van der Waals surface area contributed by atoms with Crippen LogP contribution in [0.3, 0.4) is 0 Å². The van der Waals surface area contributed by atoms with Gasteiger partial charge in [0.25, 0.3) is 0 Å². The number of hydrogen-bond acceptors (Lipinski definition) is 5. The second-order valence-corrected chi connectivity index (χ2v) is 8.79. The third-order valence-corrected chi connectivity index (χ3v) is 5.45. The van der Waals surface area contributed by atoms with E-state index in [4.69, 9.17) is 0 Å². The first-order valence-corrected chi connectivity index (χ1v) is 9.74. The molecule has 1 heterocycles. The maximum absolute atomic E-state index is 13.0. The van der Waals surface area contributed by atoms with Gasteiger partial charge in [0.1, 0.15) is 15.7 Å². The Morgan fingerprint density at radius 3 is 2.57 bits per heavy atom. The topological polar surface area (TPSA) is 77.8 Å². The van der Waals surface area contributed by atoms with Crippen LogP contribution < -0.4 is 0 Å². The van der Waals surface area contributed by atoms with Gasteiger partial charge in [0.05, 0.1) is 18.5 Å². The third-order valence-electron chi connectivity index (χ3n) is 4.53. The first-order valence-electron chi connectivity index (χ1n) is 7.67. The highest BCUT2D eigenvalue weighted by atomic mass is 32.2.